The molecule has 26 heavy (non-hydrogen) atoms. The van der Waals surface area contributed by atoms with Crippen LogP contribution in [0.2, 0.25) is 0 Å². The zero-order valence-corrected chi connectivity index (χ0v) is 13.9. The zero-order valence-electron chi connectivity index (χ0n) is 13.1. The molecule has 0 aliphatic heterocycles. The predicted octanol–water partition coefficient (Wildman–Crippen LogP) is 3.61. The first-order chi connectivity index (χ1) is 12.3. The molecular weight excluding hydrogens is 366 g/mol. The van der Waals surface area contributed by atoms with Gasteiger partial charge in [-0.2, -0.15) is 0 Å². The average Bonchev–Trinajstić information content (AvgIpc) is 3.08. The molecule has 2 aromatic carbocycles. The van der Waals surface area contributed by atoms with Crippen LogP contribution in [0.5, 0.6) is 0 Å². The fourth-order valence-electron chi connectivity index (χ4n) is 2.16. The van der Waals surface area contributed by atoms with Crippen LogP contribution in [0, 0.1) is 11.6 Å². The molecule has 9 heteroatoms. The molecule has 2 N–H and O–H groups in total. The predicted molar refractivity (Wildman–Crippen MR) is 90.3 cm³/mol. The van der Waals surface area contributed by atoms with Gasteiger partial charge in [0.15, 0.2) is 5.76 Å². The lowest BCUT2D eigenvalue weighted by atomic mass is 10.3. The Hall–Kier alpha value is -3.20. The topological polar surface area (TPSA) is 88.4 Å². The Bertz CT molecular complexity index is 1030. The summed E-state index contributed by atoms with van der Waals surface area (Å²) in [5.41, 5.74) is 0.406. The molecule has 0 aliphatic carbocycles. The van der Waals surface area contributed by atoms with Gasteiger partial charge in [0.05, 0.1) is 16.8 Å². The molecule has 0 unspecified atom stereocenters. The Morgan fingerprint density at radius 3 is 2.27 bits per heavy atom. The molecule has 0 atom stereocenters. The van der Waals surface area contributed by atoms with Crippen LogP contribution in [0.3, 0.4) is 0 Å². The highest BCUT2D eigenvalue weighted by atomic mass is 32.2. The Balaban J connectivity index is 1.81. The monoisotopic (exact) mass is 378 g/mol. The molecular formula is C17H12F2N2O4S. The number of nitrogens with one attached hydrogen (secondary N) is 2. The summed E-state index contributed by atoms with van der Waals surface area (Å²) in [5, 5.41) is 2.54. The lowest BCUT2D eigenvalue weighted by Crippen LogP contribution is -2.14. The van der Waals surface area contributed by atoms with Crippen molar-refractivity contribution in [3.05, 3.63) is 78.3 Å². The number of rotatable bonds is 5. The van der Waals surface area contributed by atoms with Crippen molar-refractivity contribution >= 4 is 27.3 Å². The van der Waals surface area contributed by atoms with Crippen molar-refractivity contribution in [2.45, 2.75) is 4.90 Å². The van der Waals surface area contributed by atoms with Crippen molar-refractivity contribution < 1.29 is 26.4 Å². The van der Waals surface area contributed by atoms with Gasteiger partial charge in [-0.15, -0.1) is 0 Å². The Kier molecular flexibility index (Phi) is 4.72. The summed E-state index contributed by atoms with van der Waals surface area (Å²) < 4.78 is 58.2. The molecule has 6 nitrogen and oxygen atoms in total. The molecule has 3 rings (SSSR count). The lowest BCUT2D eigenvalue weighted by Gasteiger charge is -2.10. The smallest absolute Gasteiger partial charge is 0.291 e. The third kappa shape index (κ3) is 4.06. The largest absolute Gasteiger partial charge is 0.459 e. The van der Waals surface area contributed by atoms with Crippen LogP contribution in [0.15, 0.2) is 70.2 Å². The fraction of sp³-hybridized carbons (Fsp3) is 0. The van der Waals surface area contributed by atoms with Crippen LogP contribution >= 0.6 is 0 Å². The van der Waals surface area contributed by atoms with Crippen LogP contribution in [0.25, 0.3) is 0 Å². The second kappa shape index (κ2) is 6.96. The van der Waals surface area contributed by atoms with Gasteiger partial charge >= 0.3 is 0 Å². The molecule has 0 spiro atoms. The second-order valence-corrected chi connectivity index (χ2v) is 6.91. The highest BCUT2D eigenvalue weighted by molar-refractivity contribution is 7.92. The van der Waals surface area contributed by atoms with Gasteiger partial charge < -0.3 is 9.73 Å². The van der Waals surface area contributed by atoms with E-state index >= 15 is 0 Å². The summed E-state index contributed by atoms with van der Waals surface area (Å²) >= 11 is 0. The SMILES string of the molecule is O=C(Nc1cccc(NS(=O)(=O)c2cc(F)cc(F)c2)c1)c1ccco1. The van der Waals surface area contributed by atoms with Gasteiger partial charge in [-0.25, -0.2) is 17.2 Å². The first-order valence-corrected chi connectivity index (χ1v) is 8.76. The van der Waals surface area contributed by atoms with Crippen molar-refractivity contribution in [2.24, 2.45) is 0 Å². The minimum Gasteiger partial charge on any atom is -0.459 e. The first-order valence-electron chi connectivity index (χ1n) is 7.27. The maximum atomic E-state index is 13.3. The van der Waals surface area contributed by atoms with Crippen LogP contribution < -0.4 is 10.0 Å². The maximum absolute atomic E-state index is 13.3. The zero-order chi connectivity index (χ0) is 18.7. The number of amides is 1. The summed E-state index contributed by atoms with van der Waals surface area (Å²) in [6.45, 7) is 0. The molecule has 0 saturated carbocycles. The molecule has 0 bridgehead atoms. The van der Waals surface area contributed by atoms with E-state index in [9.17, 15) is 22.0 Å². The van der Waals surface area contributed by atoms with Gasteiger partial charge in [0.1, 0.15) is 11.6 Å². The molecule has 1 heterocycles. The number of halogens is 2. The summed E-state index contributed by atoms with van der Waals surface area (Å²) in [7, 11) is -4.21. The van der Waals surface area contributed by atoms with Crippen molar-refractivity contribution in [2.75, 3.05) is 10.0 Å². The van der Waals surface area contributed by atoms with E-state index in [0.717, 1.165) is 0 Å². The van der Waals surface area contributed by atoms with E-state index in [-0.39, 0.29) is 11.4 Å². The van der Waals surface area contributed by atoms with Gasteiger partial charge in [-0.1, -0.05) is 6.07 Å². The van der Waals surface area contributed by atoms with Gasteiger partial charge in [-0.3, -0.25) is 9.52 Å². The standard InChI is InChI=1S/C17H12F2N2O4S/c18-11-7-12(19)9-15(8-11)26(23,24)21-14-4-1-3-13(10-14)20-17(22)16-5-2-6-25-16/h1-10,21H,(H,20,22). The Morgan fingerprint density at radius 1 is 0.923 bits per heavy atom. The van der Waals surface area contributed by atoms with Crippen molar-refractivity contribution in [1.29, 1.82) is 0 Å². The van der Waals surface area contributed by atoms with Crippen molar-refractivity contribution in [1.82, 2.24) is 0 Å². The maximum Gasteiger partial charge on any atom is 0.291 e. The van der Waals surface area contributed by atoms with E-state index in [1.165, 1.54) is 30.5 Å². The van der Waals surface area contributed by atoms with Gasteiger partial charge in [-0.05, 0) is 42.5 Å². The van der Waals surface area contributed by atoms with Crippen molar-refractivity contribution in [3.63, 3.8) is 0 Å². The normalized spacial score (nSPS) is 11.2. The van der Waals surface area contributed by atoms with Crippen molar-refractivity contribution in [3.8, 4) is 0 Å². The fourth-order valence-corrected chi connectivity index (χ4v) is 3.25. The van der Waals surface area contributed by atoms with E-state index < -0.39 is 32.5 Å². The summed E-state index contributed by atoms with van der Waals surface area (Å²) in [5.74, 6) is -2.44. The molecule has 0 radical (unpaired) electrons. The quantitative estimate of drug-likeness (QED) is 0.710. The van der Waals surface area contributed by atoms with Gasteiger partial charge in [0, 0.05) is 11.8 Å². The summed E-state index contributed by atoms with van der Waals surface area (Å²) in [6.07, 6.45) is 1.34. The highest BCUT2D eigenvalue weighted by Crippen LogP contribution is 2.21. The third-order valence-corrected chi connectivity index (χ3v) is 4.62. The van der Waals surface area contributed by atoms with Crippen LogP contribution in [0.4, 0.5) is 20.2 Å². The van der Waals surface area contributed by atoms with Crippen LogP contribution in [-0.4, -0.2) is 14.3 Å². The number of furan rings is 1. The third-order valence-electron chi connectivity index (χ3n) is 3.26. The number of anilines is 2. The summed E-state index contributed by atoms with van der Waals surface area (Å²) in [4.78, 5) is 11.4. The van der Waals surface area contributed by atoms with E-state index in [0.29, 0.717) is 23.9 Å². The lowest BCUT2D eigenvalue weighted by molar-refractivity contribution is 0.0996. The minimum atomic E-state index is -4.21. The molecule has 0 saturated heterocycles. The number of benzene rings is 2. The van der Waals surface area contributed by atoms with Gasteiger partial charge in [0.2, 0.25) is 0 Å². The number of hydrogen-bond acceptors (Lipinski definition) is 4. The minimum absolute atomic E-state index is 0.0891. The Morgan fingerprint density at radius 2 is 1.62 bits per heavy atom. The molecule has 0 aliphatic rings. The number of carbonyl (C=O) groups excluding carboxylic acids is 1. The van der Waals surface area contributed by atoms with E-state index in [1.807, 2.05) is 0 Å². The first kappa shape index (κ1) is 17.6. The summed E-state index contributed by atoms with van der Waals surface area (Å²) in [6, 6.07) is 10.8. The highest BCUT2D eigenvalue weighted by Gasteiger charge is 2.17. The molecule has 0 fully saturated rings. The van der Waals surface area contributed by atoms with E-state index in [2.05, 4.69) is 10.0 Å². The molecule has 3 aromatic rings. The van der Waals surface area contributed by atoms with Gasteiger partial charge in [0.25, 0.3) is 15.9 Å². The van der Waals surface area contributed by atoms with Crippen LogP contribution in [0.1, 0.15) is 10.6 Å². The van der Waals surface area contributed by atoms with Crippen LogP contribution in [-0.2, 0) is 10.0 Å². The van der Waals surface area contributed by atoms with E-state index in [1.54, 1.807) is 12.1 Å². The number of carbonyl (C=O) groups is 1. The molecule has 1 aromatic heterocycles. The van der Waals surface area contributed by atoms with E-state index in [4.69, 9.17) is 4.42 Å². The second-order valence-electron chi connectivity index (χ2n) is 5.22. The average molecular weight is 378 g/mol. The Labute approximate surface area is 147 Å². The number of sulfonamides is 1. The molecule has 1 amide bonds. The number of hydrogen-bond donors (Lipinski definition) is 2. The molecule has 134 valence electrons.